The average molecular weight is 309 g/mol. The molecule has 0 spiro atoms. The summed E-state index contributed by atoms with van der Waals surface area (Å²) in [7, 11) is 0. The number of hydrogen-bond donors (Lipinski definition) is 2. The van der Waals surface area contributed by atoms with Gasteiger partial charge in [0.2, 0.25) is 5.91 Å². The lowest BCUT2D eigenvalue weighted by Gasteiger charge is -2.14. The molecule has 0 aliphatic rings. The number of amides is 1. The van der Waals surface area contributed by atoms with E-state index in [1.165, 1.54) is 11.8 Å². The molecule has 0 radical (unpaired) electrons. The summed E-state index contributed by atoms with van der Waals surface area (Å²) < 4.78 is 0. The highest BCUT2D eigenvalue weighted by Gasteiger charge is 2.19. The highest BCUT2D eigenvalue weighted by atomic mass is 32.2. The van der Waals surface area contributed by atoms with Gasteiger partial charge in [0.15, 0.2) is 0 Å². The molecule has 2 N–H and O–H groups in total. The van der Waals surface area contributed by atoms with Crippen molar-refractivity contribution in [2.75, 3.05) is 5.32 Å². The summed E-state index contributed by atoms with van der Waals surface area (Å²) in [6.45, 7) is 4.01. The van der Waals surface area contributed by atoms with Gasteiger partial charge in [-0.25, -0.2) is 0 Å². The van der Waals surface area contributed by atoms with Crippen molar-refractivity contribution in [2.24, 2.45) is 0 Å². The molecule has 0 saturated heterocycles. The van der Waals surface area contributed by atoms with Crippen LogP contribution in [0.25, 0.3) is 0 Å². The molecule has 0 aliphatic carbocycles. The van der Waals surface area contributed by atoms with Gasteiger partial charge in [0, 0.05) is 11.3 Å². The van der Waals surface area contributed by atoms with Crippen LogP contribution in [0.15, 0.2) is 29.2 Å². The molecule has 4 nitrogen and oxygen atoms in total. The number of unbranched alkanes of at least 4 members (excludes halogenated alkanes) is 1. The molecule has 0 aromatic heterocycles. The van der Waals surface area contributed by atoms with Crippen molar-refractivity contribution < 1.29 is 14.7 Å². The fourth-order valence-electron chi connectivity index (χ4n) is 1.87. The number of carboxylic acids is 1. The smallest absolute Gasteiger partial charge is 0.316 e. The van der Waals surface area contributed by atoms with Gasteiger partial charge in [-0.1, -0.05) is 38.8 Å². The van der Waals surface area contributed by atoms with Crippen molar-refractivity contribution in [3.8, 4) is 0 Å². The fourth-order valence-corrected chi connectivity index (χ4v) is 3.04. The van der Waals surface area contributed by atoms with E-state index >= 15 is 0 Å². The van der Waals surface area contributed by atoms with Crippen LogP contribution < -0.4 is 5.32 Å². The fraction of sp³-hybridized carbons (Fsp3) is 0.500. The number of carbonyl (C=O) groups excluding carboxylic acids is 1. The van der Waals surface area contributed by atoms with Crippen LogP contribution in [0, 0.1) is 0 Å². The Morgan fingerprint density at radius 1 is 1.24 bits per heavy atom. The van der Waals surface area contributed by atoms with Gasteiger partial charge < -0.3 is 10.4 Å². The molecule has 0 aliphatic heterocycles. The van der Waals surface area contributed by atoms with Crippen molar-refractivity contribution in [1.82, 2.24) is 0 Å². The number of para-hydroxylation sites is 1. The monoisotopic (exact) mass is 309 g/mol. The summed E-state index contributed by atoms with van der Waals surface area (Å²) in [4.78, 5) is 23.9. The SMILES string of the molecule is CCCCC(=O)Nc1ccccc1S[C@H](CCC)C(=O)O. The molecular formula is C16H23NO3S. The van der Waals surface area contributed by atoms with Gasteiger partial charge in [-0.2, -0.15) is 0 Å². The van der Waals surface area contributed by atoms with Crippen LogP contribution in [-0.4, -0.2) is 22.2 Å². The highest BCUT2D eigenvalue weighted by Crippen LogP contribution is 2.32. The van der Waals surface area contributed by atoms with Crippen molar-refractivity contribution in [3.05, 3.63) is 24.3 Å². The van der Waals surface area contributed by atoms with Crippen LogP contribution in [0.2, 0.25) is 0 Å². The zero-order chi connectivity index (χ0) is 15.7. The van der Waals surface area contributed by atoms with E-state index in [-0.39, 0.29) is 5.91 Å². The van der Waals surface area contributed by atoms with Gasteiger partial charge in [-0.05, 0) is 25.0 Å². The minimum atomic E-state index is -0.811. The number of thioether (sulfide) groups is 1. The predicted molar refractivity (Wildman–Crippen MR) is 86.8 cm³/mol. The summed E-state index contributed by atoms with van der Waals surface area (Å²) >= 11 is 1.30. The second kappa shape index (κ2) is 9.45. The number of anilines is 1. The molecule has 0 unspecified atom stereocenters. The Morgan fingerprint density at radius 2 is 1.95 bits per heavy atom. The maximum atomic E-state index is 11.8. The third-order valence-electron chi connectivity index (χ3n) is 3.01. The normalized spacial score (nSPS) is 11.9. The third kappa shape index (κ3) is 6.21. The van der Waals surface area contributed by atoms with Crippen LogP contribution >= 0.6 is 11.8 Å². The summed E-state index contributed by atoms with van der Waals surface area (Å²) in [5.41, 5.74) is 0.700. The van der Waals surface area contributed by atoms with Gasteiger partial charge in [-0.3, -0.25) is 9.59 Å². The molecule has 0 saturated carbocycles. The Bertz CT molecular complexity index is 476. The first-order valence-electron chi connectivity index (χ1n) is 7.36. The molecule has 0 fully saturated rings. The number of hydrogen-bond acceptors (Lipinski definition) is 3. The molecule has 0 bridgehead atoms. The van der Waals surface area contributed by atoms with Crippen LogP contribution in [0.4, 0.5) is 5.69 Å². The van der Waals surface area contributed by atoms with E-state index in [0.717, 1.165) is 24.2 Å². The van der Waals surface area contributed by atoms with E-state index in [4.69, 9.17) is 0 Å². The van der Waals surface area contributed by atoms with Gasteiger partial charge >= 0.3 is 5.97 Å². The maximum absolute atomic E-state index is 11.8. The number of benzene rings is 1. The lowest BCUT2D eigenvalue weighted by molar-refractivity contribution is -0.136. The summed E-state index contributed by atoms with van der Waals surface area (Å²) in [5.74, 6) is -0.832. The summed E-state index contributed by atoms with van der Waals surface area (Å²) in [6.07, 6.45) is 3.75. The van der Waals surface area contributed by atoms with E-state index in [9.17, 15) is 14.7 Å². The largest absolute Gasteiger partial charge is 0.480 e. The average Bonchev–Trinajstić information content (AvgIpc) is 2.46. The zero-order valence-electron chi connectivity index (χ0n) is 12.6. The van der Waals surface area contributed by atoms with Crippen LogP contribution in [-0.2, 0) is 9.59 Å². The Labute approximate surface area is 130 Å². The van der Waals surface area contributed by atoms with Crippen LogP contribution in [0.3, 0.4) is 0 Å². The second-order valence-corrected chi connectivity index (χ2v) is 6.13. The Hall–Kier alpha value is -1.49. The first-order chi connectivity index (χ1) is 10.1. The van der Waals surface area contributed by atoms with Crippen molar-refractivity contribution in [1.29, 1.82) is 0 Å². The summed E-state index contributed by atoms with van der Waals surface area (Å²) in [6, 6.07) is 7.37. The molecule has 1 aromatic rings. The molecule has 1 atom stereocenters. The molecule has 1 aromatic carbocycles. The Balaban J connectivity index is 2.78. The number of aliphatic carboxylic acids is 1. The number of nitrogens with one attached hydrogen (secondary N) is 1. The Kier molecular flexibility index (Phi) is 7.90. The van der Waals surface area contributed by atoms with Crippen LogP contribution in [0.1, 0.15) is 46.0 Å². The molecular weight excluding hydrogens is 286 g/mol. The quantitative estimate of drug-likeness (QED) is 0.672. The number of carboxylic acid groups (broad SMARTS) is 1. The molecule has 5 heteroatoms. The summed E-state index contributed by atoms with van der Waals surface area (Å²) in [5, 5.41) is 11.6. The predicted octanol–water partition coefficient (Wildman–Crippen LogP) is 4.16. The van der Waals surface area contributed by atoms with Crippen LogP contribution in [0.5, 0.6) is 0 Å². The lowest BCUT2D eigenvalue weighted by Crippen LogP contribution is -2.17. The standard InChI is InChI=1S/C16H23NO3S/c1-3-5-11-15(18)17-12-9-6-7-10-13(12)21-14(8-4-2)16(19)20/h6-7,9-10,14H,3-5,8,11H2,1-2H3,(H,17,18)(H,19,20)/t14-/m1/s1. The van der Waals surface area contributed by atoms with Crippen molar-refractivity contribution >= 4 is 29.3 Å². The minimum Gasteiger partial charge on any atom is -0.480 e. The van der Waals surface area contributed by atoms with Gasteiger partial charge in [0.1, 0.15) is 5.25 Å². The van der Waals surface area contributed by atoms with Crippen molar-refractivity contribution in [3.63, 3.8) is 0 Å². The highest BCUT2D eigenvalue weighted by molar-refractivity contribution is 8.00. The second-order valence-electron chi connectivity index (χ2n) is 4.88. The number of rotatable bonds is 9. The first kappa shape index (κ1) is 17.6. The van der Waals surface area contributed by atoms with Crippen molar-refractivity contribution in [2.45, 2.75) is 56.1 Å². The number of carbonyl (C=O) groups is 2. The minimum absolute atomic E-state index is 0.0210. The first-order valence-corrected chi connectivity index (χ1v) is 8.24. The third-order valence-corrected chi connectivity index (χ3v) is 4.35. The van der Waals surface area contributed by atoms with E-state index in [2.05, 4.69) is 5.32 Å². The van der Waals surface area contributed by atoms with Gasteiger partial charge in [0.25, 0.3) is 0 Å². The molecule has 1 rings (SSSR count). The van der Waals surface area contributed by atoms with E-state index in [1.54, 1.807) is 0 Å². The topological polar surface area (TPSA) is 66.4 Å². The van der Waals surface area contributed by atoms with E-state index < -0.39 is 11.2 Å². The molecule has 0 heterocycles. The van der Waals surface area contributed by atoms with Gasteiger partial charge in [-0.15, -0.1) is 11.8 Å². The molecule has 116 valence electrons. The molecule has 21 heavy (non-hydrogen) atoms. The maximum Gasteiger partial charge on any atom is 0.316 e. The van der Waals surface area contributed by atoms with Gasteiger partial charge in [0.05, 0.1) is 5.69 Å². The molecule has 1 amide bonds. The van der Waals surface area contributed by atoms with E-state index in [1.807, 2.05) is 38.1 Å². The zero-order valence-corrected chi connectivity index (χ0v) is 13.4. The van der Waals surface area contributed by atoms with E-state index in [0.29, 0.717) is 18.5 Å². The lowest BCUT2D eigenvalue weighted by atomic mass is 10.2. The Morgan fingerprint density at radius 3 is 2.57 bits per heavy atom.